The Morgan fingerprint density at radius 3 is 2.32 bits per heavy atom. The summed E-state index contributed by atoms with van der Waals surface area (Å²) in [5.74, 6) is 1.72. The molecule has 3 nitrogen and oxygen atoms in total. The molecule has 0 fully saturated rings. The molecule has 102 valence electrons. The second-order valence-corrected chi connectivity index (χ2v) is 5.12. The minimum Gasteiger partial charge on any atom is -0.357 e. The van der Waals surface area contributed by atoms with Gasteiger partial charge in [0.1, 0.15) is 11.6 Å². The summed E-state index contributed by atoms with van der Waals surface area (Å²) in [6.45, 7) is 8.02. The van der Waals surface area contributed by atoms with Gasteiger partial charge in [-0.2, -0.15) is 0 Å². The summed E-state index contributed by atoms with van der Waals surface area (Å²) < 4.78 is 0. The zero-order chi connectivity index (χ0) is 14.0. The number of aromatic nitrogens is 2. The van der Waals surface area contributed by atoms with Crippen molar-refractivity contribution in [2.45, 2.75) is 27.2 Å². The van der Waals surface area contributed by atoms with Crippen LogP contribution in [0.2, 0.25) is 10.0 Å². The number of fused-ring (bicyclic) bond motifs is 1. The molecule has 0 unspecified atom stereocenters. The molecule has 5 heteroatoms. The van der Waals surface area contributed by atoms with Gasteiger partial charge in [0.05, 0.1) is 10.5 Å². The Hall–Kier alpha value is -1.06. The maximum atomic E-state index is 6.26. The quantitative estimate of drug-likeness (QED) is 0.840. The van der Waals surface area contributed by atoms with Crippen molar-refractivity contribution in [3.05, 3.63) is 28.0 Å². The number of hydrogen-bond donors (Lipinski definition) is 0. The fourth-order valence-electron chi connectivity index (χ4n) is 2.11. The third-order valence-corrected chi connectivity index (χ3v) is 3.63. The highest BCUT2D eigenvalue weighted by Gasteiger charge is 2.14. The maximum absolute atomic E-state index is 6.26. The molecular weight excluding hydrogens is 281 g/mol. The normalized spacial score (nSPS) is 11.0. The van der Waals surface area contributed by atoms with Crippen molar-refractivity contribution in [2.24, 2.45) is 0 Å². The second kappa shape index (κ2) is 5.93. The number of hydrogen-bond acceptors (Lipinski definition) is 3. The number of rotatable bonds is 4. The first-order valence-electron chi connectivity index (χ1n) is 6.51. The van der Waals surface area contributed by atoms with Crippen LogP contribution < -0.4 is 4.90 Å². The lowest BCUT2D eigenvalue weighted by atomic mass is 10.2. The van der Waals surface area contributed by atoms with Gasteiger partial charge in [-0.05, 0) is 26.0 Å². The van der Waals surface area contributed by atoms with Gasteiger partial charge in [-0.3, -0.25) is 0 Å². The Bertz CT molecular complexity index is 595. The van der Waals surface area contributed by atoms with Crippen molar-refractivity contribution in [3.8, 4) is 0 Å². The van der Waals surface area contributed by atoms with Gasteiger partial charge in [0, 0.05) is 29.9 Å². The van der Waals surface area contributed by atoms with Gasteiger partial charge in [-0.25, -0.2) is 9.97 Å². The monoisotopic (exact) mass is 297 g/mol. The Balaban J connectivity index is 2.79. The van der Waals surface area contributed by atoms with Crippen molar-refractivity contribution < 1.29 is 0 Å². The van der Waals surface area contributed by atoms with Crippen LogP contribution in [0.3, 0.4) is 0 Å². The zero-order valence-electron chi connectivity index (χ0n) is 11.4. The Morgan fingerprint density at radius 1 is 1.05 bits per heavy atom. The largest absolute Gasteiger partial charge is 0.357 e. The van der Waals surface area contributed by atoms with Crippen LogP contribution in [0.25, 0.3) is 10.9 Å². The molecule has 2 aromatic rings. The first-order valence-corrected chi connectivity index (χ1v) is 7.26. The first kappa shape index (κ1) is 14.4. The highest BCUT2D eigenvalue weighted by Crippen LogP contribution is 2.32. The second-order valence-electron chi connectivity index (χ2n) is 4.27. The van der Waals surface area contributed by atoms with Crippen LogP contribution in [-0.2, 0) is 6.42 Å². The average Bonchev–Trinajstić information content (AvgIpc) is 2.40. The molecule has 0 atom stereocenters. The zero-order valence-corrected chi connectivity index (χ0v) is 12.9. The van der Waals surface area contributed by atoms with Crippen LogP contribution in [0.4, 0.5) is 5.82 Å². The van der Waals surface area contributed by atoms with Gasteiger partial charge in [0.2, 0.25) is 0 Å². The Morgan fingerprint density at radius 2 is 1.74 bits per heavy atom. The number of nitrogens with zero attached hydrogens (tertiary/aromatic N) is 3. The van der Waals surface area contributed by atoms with Crippen LogP contribution in [0, 0.1) is 0 Å². The van der Waals surface area contributed by atoms with Crippen LogP contribution >= 0.6 is 23.2 Å². The molecule has 19 heavy (non-hydrogen) atoms. The molecule has 0 saturated carbocycles. The van der Waals surface area contributed by atoms with Crippen molar-refractivity contribution in [1.29, 1.82) is 0 Å². The van der Waals surface area contributed by atoms with Crippen LogP contribution in [0.5, 0.6) is 0 Å². The van der Waals surface area contributed by atoms with Gasteiger partial charge in [-0.1, -0.05) is 30.1 Å². The lowest BCUT2D eigenvalue weighted by Crippen LogP contribution is -2.24. The Labute approximate surface area is 123 Å². The number of anilines is 1. The Kier molecular flexibility index (Phi) is 4.48. The molecule has 0 aliphatic carbocycles. The summed E-state index contributed by atoms with van der Waals surface area (Å²) in [7, 11) is 0. The SMILES string of the molecule is CCc1nc(N(CC)CC)c2cc(Cl)cc(Cl)c2n1. The van der Waals surface area contributed by atoms with Crippen molar-refractivity contribution >= 4 is 39.9 Å². The molecular formula is C14H17Cl2N3. The van der Waals surface area contributed by atoms with E-state index in [1.165, 1.54) is 0 Å². The maximum Gasteiger partial charge on any atom is 0.140 e. The molecule has 1 heterocycles. The fraction of sp³-hybridized carbons (Fsp3) is 0.429. The predicted molar refractivity (Wildman–Crippen MR) is 82.5 cm³/mol. The van der Waals surface area contributed by atoms with Gasteiger partial charge in [0.25, 0.3) is 0 Å². The third-order valence-electron chi connectivity index (χ3n) is 3.12. The lowest BCUT2D eigenvalue weighted by molar-refractivity contribution is 0.833. The molecule has 0 bridgehead atoms. The minimum absolute atomic E-state index is 0.577. The summed E-state index contributed by atoms with van der Waals surface area (Å²) in [4.78, 5) is 11.3. The van der Waals surface area contributed by atoms with E-state index in [0.717, 1.165) is 42.1 Å². The minimum atomic E-state index is 0.577. The molecule has 0 aliphatic heterocycles. The molecule has 0 aliphatic rings. The first-order chi connectivity index (χ1) is 9.10. The molecule has 0 amide bonds. The van der Waals surface area contributed by atoms with Gasteiger partial charge in [-0.15, -0.1) is 0 Å². The predicted octanol–water partition coefficient (Wildman–Crippen LogP) is 4.35. The fourth-order valence-corrected chi connectivity index (χ4v) is 2.64. The van der Waals surface area contributed by atoms with Crippen molar-refractivity contribution in [1.82, 2.24) is 9.97 Å². The number of aryl methyl sites for hydroxylation is 1. The van der Waals surface area contributed by atoms with E-state index in [1.54, 1.807) is 6.07 Å². The number of halogens is 2. The van der Waals surface area contributed by atoms with E-state index in [-0.39, 0.29) is 0 Å². The molecule has 0 spiro atoms. The molecule has 1 aromatic carbocycles. The topological polar surface area (TPSA) is 29.0 Å². The third kappa shape index (κ3) is 2.77. The van der Waals surface area contributed by atoms with Crippen molar-refractivity contribution in [3.63, 3.8) is 0 Å². The van der Waals surface area contributed by atoms with E-state index in [4.69, 9.17) is 23.2 Å². The van der Waals surface area contributed by atoms with E-state index in [9.17, 15) is 0 Å². The highest BCUT2D eigenvalue weighted by molar-refractivity contribution is 6.38. The van der Waals surface area contributed by atoms with E-state index in [2.05, 4.69) is 28.7 Å². The summed E-state index contributed by atoms with van der Waals surface area (Å²) in [6, 6.07) is 3.61. The molecule has 0 N–H and O–H groups in total. The molecule has 2 rings (SSSR count). The van der Waals surface area contributed by atoms with E-state index in [1.807, 2.05) is 13.0 Å². The standard InChI is InChI=1S/C14H17Cl2N3/c1-4-12-17-13-10(7-9(15)8-11(13)16)14(18-12)19(5-2)6-3/h7-8H,4-6H2,1-3H3. The molecule has 1 aromatic heterocycles. The van der Waals surface area contributed by atoms with Crippen LogP contribution in [0.1, 0.15) is 26.6 Å². The highest BCUT2D eigenvalue weighted by atomic mass is 35.5. The average molecular weight is 298 g/mol. The molecule has 0 radical (unpaired) electrons. The van der Waals surface area contributed by atoms with Gasteiger partial charge >= 0.3 is 0 Å². The lowest BCUT2D eigenvalue weighted by Gasteiger charge is -2.22. The van der Waals surface area contributed by atoms with Crippen LogP contribution in [0.15, 0.2) is 12.1 Å². The summed E-state index contributed by atoms with van der Waals surface area (Å²) in [6.07, 6.45) is 0.781. The van der Waals surface area contributed by atoms with E-state index >= 15 is 0 Å². The van der Waals surface area contributed by atoms with E-state index < -0.39 is 0 Å². The molecule has 0 saturated heterocycles. The van der Waals surface area contributed by atoms with E-state index in [0.29, 0.717) is 10.0 Å². The summed E-state index contributed by atoms with van der Waals surface area (Å²) >= 11 is 12.4. The van der Waals surface area contributed by atoms with Crippen molar-refractivity contribution in [2.75, 3.05) is 18.0 Å². The summed E-state index contributed by atoms with van der Waals surface area (Å²) in [5, 5.41) is 2.10. The van der Waals surface area contributed by atoms with Gasteiger partial charge in [0.15, 0.2) is 0 Å². The number of benzene rings is 1. The summed E-state index contributed by atoms with van der Waals surface area (Å²) in [5.41, 5.74) is 0.778. The smallest absolute Gasteiger partial charge is 0.140 e. The van der Waals surface area contributed by atoms with Gasteiger partial charge < -0.3 is 4.90 Å². The van der Waals surface area contributed by atoms with Crippen LogP contribution in [-0.4, -0.2) is 23.1 Å².